The molecular formula is C25H12ClF14N3O2. The summed E-state index contributed by atoms with van der Waals surface area (Å²) in [4.78, 5) is 26.3. The smallest absolute Gasteiger partial charge is 0.268 e. The van der Waals surface area contributed by atoms with Crippen molar-refractivity contribution in [3.8, 4) is 0 Å². The molecule has 0 unspecified atom stereocenters. The van der Waals surface area contributed by atoms with Gasteiger partial charge < -0.3 is 0 Å². The number of anilines is 1. The summed E-state index contributed by atoms with van der Waals surface area (Å²) >= 11 is 5.98. The van der Waals surface area contributed by atoms with Gasteiger partial charge in [0.05, 0.1) is 28.4 Å². The molecular weight excluding hydrogens is 676 g/mol. The van der Waals surface area contributed by atoms with Crippen LogP contribution in [0.15, 0.2) is 42.5 Å². The van der Waals surface area contributed by atoms with Gasteiger partial charge in [0.2, 0.25) is 0 Å². The van der Waals surface area contributed by atoms with Crippen molar-refractivity contribution in [2.24, 2.45) is 0 Å². The van der Waals surface area contributed by atoms with Gasteiger partial charge in [0.15, 0.2) is 0 Å². The highest BCUT2D eigenvalue weighted by Crippen LogP contribution is 2.55. The van der Waals surface area contributed by atoms with Crippen LogP contribution in [0, 0.1) is 6.92 Å². The van der Waals surface area contributed by atoms with Crippen LogP contribution < -0.4 is 4.90 Å². The van der Waals surface area contributed by atoms with Crippen LogP contribution in [0.2, 0.25) is 5.02 Å². The largest absolute Gasteiger partial charge is 0.460 e. The van der Waals surface area contributed by atoms with E-state index in [0.29, 0.717) is 4.90 Å². The highest BCUT2D eigenvalue weighted by Gasteiger charge is 2.77. The van der Waals surface area contributed by atoms with Gasteiger partial charge in [0.1, 0.15) is 11.4 Å². The number of alkyl halides is 14. The van der Waals surface area contributed by atoms with Gasteiger partial charge in [-0.2, -0.15) is 66.6 Å². The van der Waals surface area contributed by atoms with Crippen LogP contribution >= 0.6 is 11.6 Å². The zero-order valence-electron chi connectivity index (χ0n) is 21.6. The van der Waals surface area contributed by atoms with E-state index in [1.54, 1.807) is 0 Å². The molecule has 1 aliphatic rings. The summed E-state index contributed by atoms with van der Waals surface area (Å²) in [5.41, 5.74) is -6.72. The van der Waals surface area contributed by atoms with Crippen LogP contribution in [-0.2, 0) is 18.4 Å². The van der Waals surface area contributed by atoms with Gasteiger partial charge in [0.25, 0.3) is 11.8 Å². The minimum atomic E-state index is -7.06. The van der Waals surface area contributed by atoms with Crippen LogP contribution in [-0.4, -0.2) is 45.8 Å². The molecule has 1 aromatic heterocycles. The van der Waals surface area contributed by atoms with E-state index in [4.69, 9.17) is 11.6 Å². The van der Waals surface area contributed by atoms with Crippen LogP contribution in [0.5, 0.6) is 0 Å². The monoisotopic (exact) mass is 687 g/mol. The molecule has 0 spiro atoms. The first-order valence-corrected chi connectivity index (χ1v) is 12.2. The summed E-state index contributed by atoms with van der Waals surface area (Å²) in [5, 5.41) is 2.38. The Kier molecular flexibility index (Phi) is 7.79. The third-order valence-electron chi connectivity index (χ3n) is 6.62. The number of halogens is 15. The molecule has 20 heteroatoms. The average molecular weight is 688 g/mol. The molecule has 0 radical (unpaired) electrons. The molecule has 0 saturated heterocycles. The van der Waals surface area contributed by atoms with E-state index in [-0.39, 0.29) is 27.4 Å². The van der Waals surface area contributed by atoms with Crippen LogP contribution in [0.25, 0.3) is 0 Å². The van der Waals surface area contributed by atoms with Gasteiger partial charge in [-0.05, 0) is 42.3 Å². The summed E-state index contributed by atoms with van der Waals surface area (Å²) < 4.78 is 189. The fraction of sp³-hybridized carbons (Fsp3) is 0.320. The van der Waals surface area contributed by atoms with E-state index in [2.05, 4.69) is 5.10 Å². The number of carbonyl (C=O) groups is 2. The normalized spacial score (nSPS) is 15.2. The van der Waals surface area contributed by atoms with Gasteiger partial charge in [0, 0.05) is 0 Å². The highest BCUT2D eigenvalue weighted by atomic mass is 35.5. The maximum atomic E-state index is 14.6. The topological polar surface area (TPSA) is 55.2 Å². The number of rotatable bonds is 7. The van der Waals surface area contributed by atoms with Crippen LogP contribution in [0.1, 0.15) is 43.2 Å². The second kappa shape index (κ2) is 10.3. The third-order valence-corrected chi connectivity index (χ3v) is 6.94. The van der Waals surface area contributed by atoms with Gasteiger partial charge in [-0.15, -0.1) is 0 Å². The number of benzene rings is 2. The van der Waals surface area contributed by atoms with E-state index < -0.39 is 82.1 Å². The van der Waals surface area contributed by atoms with Crippen molar-refractivity contribution in [2.75, 3.05) is 4.90 Å². The Labute approximate surface area is 246 Å². The molecule has 2 heterocycles. The lowest BCUT2D eigenvalue weighted by Crippen LogP contribution is -2.51. The van der Waals surface area contributed by atoms with Crippen molar-refractivity contribution in [1.82, 2.24) is 9.78 Å². The number of carbonyl (C=O) groups excluding carboxylic acids is 2. The number of fused-ring (bicyclic) bond motifs is 1. The SMILES string of the molecule is Cc1cc(Cn2nc(C(F)(F)C(F)(F)C(F)(F)F)cc2C(F)(F)C(F)(F)C(F)(F)F)ccc1N1C(=O)c2cccc(Cl)c2C1=O. The van der Waals surface area contributed by atoms with Gasteiger partial charge >= 0.3 is 36.0 Å². The van der Waals surface area contributed by atoms with Crippen molar-refractivity contribution in [2.45, 2.75) is 49.5 Å². The van der Waals surface area contributed by atoms with E-state index >= 15 is 0 Å². The summed E-state index contributed by atoms with van der Waals surface area (Å²) in [6, 6.07) is 5.48. The Morgan fingerprint density at radius 3 is 1.80 bits per heavy atom. The van der Waals surface area contributed by atoms with Crippen molar-refractivity contribution in [1.29, 1.82) is 0 Å². The van der Waals surface area contributed by atoms with E-state index in [0.717, 1.165) is 18.2 Å². The maximum absolute atomic E-state index is 14.6. The number of hydrogen-bond donors (Lipinski definition) is 0. The summed E-state index contributed by atoms with van der Waals surface area (Å²) in [5.74, 6) is -28.9. The molecule has 244 valence electrons. The fourth-order valence-electron chi connectivity index (χ4n) is 4.32. The molecule has 3 aromatic rings. The molecule has 5 nitrogen and oxygen atoms in total. The predicted octanol–water partition coefficient (Wildman–Crippen LogP) is 8.27. The first-order chi connectivity index (χ1) is 20.3. The fourth-order valence-corrected chi connectivity index (χ4v) is 4.58. The summed E-state index contributed by atoms with van der Waals surface area (Å²) in [7, 11) is 0. The Morgan fingerprint density at radius 1 is 0.733 bits per heavy atom. The minimum absolute atomic E-state index is 0.0895. The van der Waals surface area contributed by atoms with E-state index in [1.165, 1.54) is 25.1 Å². The lowest BCUT2D eigenvalue weighted by Gasteiger charge is -2.28. The average Bonchev–Trinajstić information content (AvgIpc) is 3.43. The van der Waals surface area contributed by atoms with Crippen molar-refractivity contribution in [3.05, 3.63) is 81.1 Å². The predicted molar refractivity (Wildman–Crippen MR) is 125 cm³/mol. The zero-order valence-corrected chi connectivity index (χ0v) is 22.3. The molecule has 0 bridgehead atoms. The molecule has 0 fully saturated rings. The van der Waals surface area contributed by atoms with E-state index in [9.17, 15) is 71.1 Å². The number of hydrogen-bond acceptors (Lipinski definition) is 3. The van der Waals surface area contributed by atoms with Gasteiger partial charge in [-0.3, -0.25) is 14.3 Å². The zero-order chi connectivity index (χ0) is 34.3. The van der Waals surface area contributed by atoms with Crippen LogP contribution in [0.3, 0.4) is 0 Å². The number of nitrogens with zero attached hydrogens (tertiary/aromatic N) is 3. The number of aromatic nitrogens is 2. The van der Waals surface area contributed by atoms with Crippen molar-refractivity contribution >= 4 is 29.1 Å². The molecule has 0 N–H and O–H groups in total. The Morgan fingerprint density at radius 2 is 1.29 bits per heavy atom. The molecule has 2 aromatic carbocycles. The standard InChI is InChI=1S/C25H12ClF14N3O2/c1-10-7-11(5-6-14(10)43-18(44)12-3-2-4-13(26)17(12)19(43)45)9-42-16(21(29,30)23(33,34)25(38,39)40)8-15(41-42)20(27,28)22(31,32)24(35,36)37/h2-8H,9H2,1H3. The van der Waals surface area contributed by atoms with Crippen molar-refractivity contribution in [3.63, 3.8) is 0 Å². The molecule has 0 atom stereocenters. The molecule has 45 heavy (non-hydrogen) atoms. The molecule has 1 aliphatic heterocycles. The minimum Gasteiger partial charge on any atom is -0.268 e. The Balaban J connectivity index is 1.81. The molecule has 4 rings (SSSR count). The maximum Gasteiger partial charge on any atom is 0.460 e. The molecule has 2 amide bonds. The first-order valence-electron chi connectivity index (χ1n) is 11.8. The second-order valence-corrected chi connectivity index (χ2v) is 10.0. The highest BCUT2D eigenvalue weighted by molar-refractivity contribution is 6.42. The summed E-state index contributed by atoms with van der Waals surface area (Å²) in [6.07, 6.45) is -14.1. The Hall–Kier alpha value is -3.90. The lowest BCUT2D eigenvalue weighted by molar-refractivity contribution is -0.361. The Bertz CT molecular complexity index is 1690. The number of imide groups is 1. The van der Waals surface area contributed by atoms with Crippen molar-refractivity contribution < 1.29 is 71.1 Å². The first kappa shape index (κ1) is 34.0. The van der Waals surface area contributed by atoms with Gasteiger partial charge in [-0.1, -0.05) is 29.8 Å². The van der Waals surface area contributed by atoms with Gasteiger partial charge in [-0.25, -0.2) is 4.90 Å². The second-order valence-electron chi connectivity index (χ2n) is 9.59. The molecule has 0 saturated carbocycles. The summed E-state index contributed by atoms with van der Waals surface area (Å²) in [6.45, 7) is -0.286. The van der Waals surface area contributed by atoms with E-state index in [1.807, 2.05) is 0 Å². The number of aryl methyl sites for hydroxylation is 1. The lowest BCUT2D eigenvalue weighted by atomic mass is 10.0. The quantitative estimate of drug-likeness (QED) is 0.186. The molecule has 0 aliphatic carbocycles. The third kappa shape index (κ3) is 5.07. The number of amides is 2. The van der Waals surface area contributed by atoms with Crippen LogP contribution in [0.4, 0.5) is 67.2 Å².